The maximum Gasteiger partial charge on any atom is 0.150 e. The minimum atomic E-state index is -0.318. The number of hydrogen-bond acceptors (Lipinski definition) is 3. The van der Waals surface area contributed by atoms with Crippen LogP contribution in [0.4, 0.5) is 0 Å². The molecule has 0 amide bonds. The second kappa shape index (κ2) is 3.52. The quantitative estimate of drug-likeness (QED) is 0.732. The van der Waals surface area contributed by atoms with E-state index in [4.69, 9.17) is 4.74 Å². The van der Waals surface area contributed by atoms with E-state index >= 15 is 0 Å². The van der Waals surface area contributed by atoms with E-state index in [1.165, 1.54) is 0 Å². The molecule has 1 saturated heterocycles. The molecule has 0 radical (unpaired) electrons. The third-order valence-corrected chi connectivity index (χ3v) is 2.75. The van der Waals surface area contributed by atoms with Gasteiger partial charge in [0.25, 0.3) is 0 Å². The van der Waals surface area contributed by atoms with Crippen LogP contribution in [0.15, 0.2) is 24.3 Å². The summed E-state index contributed by atoms with van der Waals surface area (Å²) in [5, 5.41) is 3.25. The largest absolute Gasteiger partial charge is 0.360 e. The summed E-state index contributed by atoms with van der Waals surface area (Å²) in [6, 6.07) is 7.48. The van der Waals surface area contributed by atoms with Gasteiger partial charge >= 0.3 is 0 Å². The van der Waals surface area contributed by atoms with Crippen molar-refractivity contribution in [3.8, 4) is 0 Å². The molecule has 3 nitrogen and oxygen atoms in total. The number of methoxy groups -OCH3 is 1. The molecular formula is C11H13NO2. The molecule has 1 heterocycles. The third kappa shape index (κ3) is 1.35. The fraction of sp³-hybridized carbons (Fsp3) is 0.364. The normalized spacial score (nSPS) is 25.5. The number of carbonyl (C=O) groups excluding carboxylic acids is 1. The molecule has 74 valence electrons. The van der Waals surface area contributed by atoms with Gasteiger partial charge in [-0.1, -0.05) is 24.3 Å². The zero-order chi connectivity index (χ0) is 10.0. The Labute approximate surface area is 83.1 Å². The second-order valence-electron chi connectivity index (χ2n) is 3.45. The Morgan fingerprint density at radius 2 is 2.07 bits per heavy atom. The minimum absolute atomic E-state index is 0.318. The molecule has 1 atom stereocenters. The van der Waals surface area contributed by atoms with Crippen molar-refractivity contribution in [2.45, 2.75) is 12.1 Å². The molecule has 2 rings (SSSR count). The van der Waals surface area contributed by atoms with Gasteiger partial charge < -0.3 is 4.74 Å². The van der Waals surface area contributed by atoms with Crippen LogP contribution in [0.25, 0.3) is 0 Å². The van der Waals surface area contributed by atoms with E-state index in [0.717, 1.165) is 24.8 Å². The summed E-state index contributed by atoms with van der Waals surface area (Å²) in [5.41, 5.74) is 1.46. The van der Waals surface area contributed by atoms with Crippen LogP contribution in [0.2, 0.25) is 0 Å². The van der Waals surface area contributed by atoms with Gasteiger partial charge in [-0.05, 0) is 5.56 Å². The van der Waals surface area contributed by atoms with Gasteiger partial charge in [0.05, 0.1) is 0 Å². The smallest absolute Gasteiger partial charge is 0.150 e. The average molecular weight is 191 g/mol. The Balaban J connectivity index is 2.27. The highest BCUT2D eigenvalue weighted by Gasteiger charge is 2.38. The highest BCUT2D eigenvalue weighted by molar-refractivity contribution is 5.74. The van der Waals surface area contributed by atoms with E-state index in [9.17, 15) is 4.79 Å². The lowest BCUT2D eigenvalue weighted by Gasteiger charge is -2.42. The zero-order valence-corrected chi connectivity index (χ0v) is 8.12. The first-order chi connectivity index (χ1) is 6.80. The maximum atomic E-state index is 10.5. The Hall–Kier alpha value is -1.19. The molecule has 0 spiro atoms. The highest BCUT2D eigenvalue weighted by atomic mass is 16.5. The van der Waals surface area contributed by atoms with Gasteiger partial charge in [0, 0.05) is 25.6 Å². The van der Waals surface area contributed by atoms with E-state index < -0.39 is 0 Å². The monoisotopic (exact) mass is 191 g/mol. The van der Waals surface area contributed by atoms with Gasteiger partial charge in [-0.3, -0.25) is 10.1 Å². The van der Waals surface area contributed by atoms with Crippen molar-refractivity contribution in [3.63, 3.8) is 0 Å². The number of aldehydes is 1. The van der Waals surface area contributed by atoms with E-state index in [1.54, 1.807) is 7.11 Å². The molecule has 14 heavy (non-hydrogen) atoms. The number of rotatable bonds is 3. The van der Waals surface area contributed by atoms with Crippen LogP contribution >= 0.6 is 0 Å². The van der Waals surface area contributed by atoms with Gasteiger partial charge in [-0.25, -0.2) is 0 Å². The van der Waals surface area contributed by atoms with Crippen molar-refractivity contribution in [2.75, 3.05) is 13.7 Å². The predicted octanol–water partition coefficient (Wildman–Crippen LogP) is 1.29. The molecule has 0 saturated carbocycles. The lowest BCUT2D eigenvalue weighted by atomic mass is 9.92. The van der Waals surface area contributed by atoms with E-state index in [-0.39, 0.29) is 5.72 Å². The SMILES string of the molecule is CO[C@]1(c2ccc(C=O)cc2)CCN1. The molecule has 0 aliphatic carbocycles. The summed E-state index contributed by atoms with van der Waals surface area (Å²) in [6.45, 7) is 0.975. The maximum absolute atomic E-state index is 10.5. The molecule has 1 aromatic carbocycles. The van der Waals surface area contributed by atoms with Gasteiger partial charge in [-0.15, -0.1) is 0 Å². The Kier molecular flexibility index (Phi) is 2.35. The van der Waals surface area contributed by atoms with Crippen molar-refractivity contribution in [1.82, 2.24) is 5.32 Å². The summed E-state index contributed by atoms with van der Waals surface area (Å²) in [4.78, 5) is 10.5. The van der Waals surface area contributed by atoms with Crippen LogP contribution in [-0.4, -0.2) is 19.9 Å². The summed E-state index contributed by atoms with van der Waals surface area (Å²) >= 11 is 0. The lowest BCUT2D eigenvalue weighted by Crippen LogP contribution is -2.55. The number of ether oxygens (including phenoxy) is 1. The second-order valence-corrected chi connectivity index (χ2v) is 3.45. The van der Waals surface area contributed by atoms with Crippen LogP contribution in [0, 0.1) is 0 Å². The molecule has 1 aliphatic heterocycles. The fourth-order valence-corrected chi connectivity index (χ4v) is 1.72. The molecule has 1 aromatic rings. The molecule has 1 aliphatic rings. The standard InChI is InChI=1S/C11H13NO2/c1-14-11(6-7-12-11)10-4-2-9(8-13)3-5-10/h2-5,8,12H,6-7H2,1H3/t11-/m0/s1. The van der Waals surface area contributed by atoms with Crippen molar-refractivity contribution >= 4 is 6.29 Å². The molecule has 0 unspecified atom stereocenters. The van der Waals surface area contributed by atoms with Crippen LogP contribution in [0.5, 0.6) is 0 Å². The molecule has 0 bridgehead atoms. The van der Waals surface area contributed by atoms with E-state index in [0.29, 0.717) is 5.56 Å². The summed E-state index contributed by atoms with van der Waals surface area (Å²) in [5.74, 6) is 0. The number of carbonyl (C=O) groups is 1. The van der Waals surface area contributed by atoms with Crippen LogP contribution in [0.1, 0.15) is 22.3 Å². The van der Waals surface area contributed by atoms with E-state index in [1.807, 2.05) is 24.3 Å². The number of benzene rings is 1. The Bertz CT molecular complexity index is 322. The predicted molar refractivity (Wildman–Crippen MR) is 53.1 cm³/mol. The van der Waals surface area contributed by atoms with Gasteiger partial charge in [0.2, 0.25) is 0 Å². The third-order valence-electron chi connectivity index (χ3n) is 2.75. The molecule has 3 heteroatoms. The number of nitrogens with one attached hydrogen (secondary N) is 1. The van der Waals surface area contributed by atoms with Gasteiger partial charge in [-0.2, -0.15) is 0 Å². The minimum Gasteiger partial charge on any atom is -0.360 e. The molecule has 1 fully saturated rings. The zero-order valence-electron chi connectivity index (χ0n) is 8.12. The lowest BCUT2D eigenvalue weighted by molar-refractivity contribution is -0.0971. The van der Waals surface area contributed by atoms with Crippen molar-refractivity contribution in [1.29, 1.82) is 0 Å². The highest BCUT2D eigenvalue weighted by Crippen LogP contribution is 2.31. The van der Waals surface area contributed by atoms with E-state index in [2.05, 4.69) is 5.32 Å². The van der Waals surface area contributed by atoms with Crippen molar-refractivity contribution in [3.05, 3.63) is 35.4 Å². The van der Waals surface area contributed by atoms with Gasteiger partial charge in [0.1, 0.15) is 12.0 Å². The van der Waals surface area contributed by atoms with Crippen molar-refractivity contribution in [2.24, 2.45) is 0 Å². The van der Waals surface area contributed by atoms with Crippen LogP contribution in [-0.2, 0) is 10.5 Å². The first-order valence-corrected chi connectivity index (χ1v) is 4.67. The van der Waals surface area contributed by atoms with Crippen molar-refractivity contribution < 1.29 is 9.53 Å². The first kappa shape index (κ1) is 9.37. The average Bonchev–Trinajstić information content (AvgIpc) is 2.18. The summed E-state index contributed by atoms with van der Waals surface area (Å²) < 4.78 is 5.43. The topological polar surface area (TPSA) is 38.3 Å². The fourth-order valence-electron chi connectivity index (χ4n) is 1.72. The summed E-state index contributed by atoms with van der Waals surface area (Å²) in [7, 11) is 1.69. The first-order valence-electron chi connectivity index (χ1n) is 4.67. The summed E-state index contributed by atoms with van der Waals surface area (Å²) in [6.07, 6.45) is 1.82. The Morgan fingerprint density at radius 3 is 2.43 bits per heavy atom. The van der Waals surface area contributed by atoms with Crippen LogP contribution in [0.3, 0.4) is 0 Å². The number of hydrogen-bond donors (Lipinski definition) is 1. The van der Waals surface area contributed by atoms with Gasteiger partial charge in [0.15, 0.2) is 0 Å². The molecular weight excluding hydrogens is 178 g/mol. The Morgan fingerprint density at radius 1 is 1.43 bits per heavy atom. The molecule has 0 aromatic heterocycles. The van der Waals surface area contributed by atoms with Crippen LogP contribution < -0.4 is 5.32 Å². The molecule has 1 N–H and O–H groups in total.